The molecule has 0 N–H and O–H groups in total. The van der Waals surface area contributed by atoms with E-state index in [0.717, 1.165) is 5.56 Å². The average molecular weight is 150 g/mol. The smallest absolute Gasteiger partial charge is 0.181 e. The van der Waals surface area contributed by atoms with Crippen molar-refractivity contribution in [3.8, 4) is 5.75 Å². The molecule has 0 aromatic heterocycles. The molecule has 2 heteroatoms. The summed E-state index contributed by atoms with van der Waals surface area (Å²) in [6, 6.07) is 7.60. The molecule has 0 bridgehead atoms. The van der Waals surface area contributed by atoms with Crippen LogP contribution in [0.25, 0.3) is 0 Å². The minimum absolute atomic E-state index is 0.715. The van der Waals surface area contributed by atoms with Gasteiger partial charge in [-0.15, -0.1) is 0 Å². The maximum absolute atomic E-state index is 4.87. The first-order valence-corrected chi connectivity index (χ1v) is 3.34. The molecule has 0 atom stereocenters. The van der Waals surface area contributed by atoms with Crippen LogP contribution < -0.4 is 4.89 Å². The highest BCUT2D eigenvalue weighted by Crippen LogP contribution is 2.15. The van der Waals surface area contributed by atoms with Gasteiger partial charge >= 0.3 is 0 Å². The quantitative estimate of drug-likeness (QED) is 0.374. The summed E-state index contributed by atoms with van der Waals surface area (Å²) in [4.78, 5) is 9.43. The van der Waals surface area contributed by atoms with Gasteiger partial charge in [0.15, 0.2) is 5.75 Å². The van der Waals surface area contributed by atoms with Gasteiger partial charge in [0.05, 0.1) is 0 Å². The third-order valence-electron chi connectivity index (χ3n) is 1.30. The molecule has 0 radical (unpaired) electrons. The predicted octanol–water partition coefficient (Wildman–Crippen LogP) is 2.45. The largest absolute Gasteiger partial charge is 0.299 e. The fourth-order valence-corrected chi connectivity index (χ4v) is 0.736. The number of hydrogen-bond donors (Lipinski definition) is 0. The fraction of sp³-hybridized carbons (Fsp3) is 0.111. The molecule has 2 nitrogen and oxygen atoms in total. The molecule has 0 saturated carbocycles. The summed E-state index contributed by atoms with van der Waals surface area (Å²) in [6.45, 7) is 5.30. The van der Waals surface area contributed by atoms with Gasteiger partial charge in [0.25, 0.3) is 0 Å². The van der Waals surface area contributed by atoms with Crippen LogP contribution in [0.3, 0.4) is 0 Å². The highest BCUT2D eigenvalue weighted by Gasteiger charge is 1.95. The third kappa shape index (κ3) is 2.00. The minimum Gasteiger partial charge on any atom is -0.299 e. The lowest BCUT2D eigenvalue weighted by Crippen LogP contribution is -1.90. The van der Waals surface area contributed by atoms with Gasteiger partial charge in [-0.05, 0) is 18.6 Å². The van der Waals surface area contributed by atoms with E-state index < -0.39 is 0 Å². The van der Waals surface area contributed by atoms with E-state index in [2.05, 4.69) is 11.5 Å². The van der Waals surface area contributed by atoms with Crippen LogP contribution in [0.2, 0.25) is 0 Å². The van der Waals surface area contributed by atoms with Gasteiger partial charge in [-0.25, -0.2) is 0 Å². The van der Waals surface area contributed by atoms with Gasteiger partial charge in [-0.2, -0.15) is 0 Å². The van der Waals surface area contributed by atoms with Crippen molar-refractivity contribution >= 4 is 0 Å². The molecular weight excluding hydrogens is 140 g/mol. The van der Waals surface area contributed by atoms with Crippen LogP contribution in [-0.4, -0.2) is 0 Å². The van der Waals surface area contributed by atoms with E-state index in [-0.39, 0.29) is 0 Å². The van der Waals surface area contributed by atoms with E-state index in [1.807, 2.05) is 31.2 Å². The van der Waals surface area contributed by atoms with Crippen LogP contribution in [0, 0.1) is 6.92 Å². The number of para-hydroxylation sites is 1. The Bertz CT molecular complexity index is 243. The summed E-state index contributed by atoms with van der Waals surface area (Å²) in [6.07, 6.45) is 1.24. The highest BCUT2D eigenvalue weighted by molar-refractivity contribution is 5.31. The topological polar surface area (TPSA) is 18.5 Å². The number of benzene rings is 1. The van der Waals surface area contributed by atoms with Gasteiger partial charge in [0.2, 0.25) is 0 Å². The molecule has 11 heavy (non-hydrogen) atoms. The second-order valence-electron chi connectivity index (χ2n) is 2.11. The zero-order chi connectivity index (χ0) is 8.10. The zero-order valence-electron chi connectivity index (χ0n) is 6.41. The van der Waals surface area contributed by atoms with Crippen molar-refractivity contribution in [1.82, 2.24) is 0 Å². The molecule has 0 fully saturated rings. The fourth-order valence-electron chi connectivity index (χ4n) is 0.736. The van der Waals surface area contributed by atoms with Crippen LogP contribution in [-0.2, 0) is 4.89 Å². The Hall–Kier alpha value is -1.44. The maximum atomic E-state index is 4.87. The maximum Gasteiger partial charge on any atom is 0.181 e. The Labute approximate surface area is 66.0 Å². The number of aryl methyl sites for hydroxylation is 1. The van der Waals surface area contributed by atoms with Gasteiger partial charge in [0, 0.05) is 0 Å². The van der Waals surface area contributed by atoms with Crippen LogP contribution >= 0.6 is 0 Å². The van der Waals surface area contributed by atoms with E-state index in [4.69, 9.17) is 4.89 Å². The molecular formula is C9H10O2. The second kappa shape index (κ2) is 3.66. The molecule has 1 rings (SSSR count). The first-order valence-electron chi connectivity index (χ1n) is 3.34. The lowest BCUT2D eigenvalue weighted by Gasteiger charge is -2.03. The van der Waals surface area contributed by atoms with E-state index in [0.29, 0.717) is 5.75 Å². The number of hydrogen-bond acceptors (Lipinski definition) is 2. The van der Waals surface area contributed by atoms with Crippen LogP contribution in [0.1, 0.15) is 5.56 Å². The summed E-state index contributed by atoms with van der Waals surface area (Å²) < 4.78 is 0. The van der Waals surface area contributed by atoms with Crippen molar-refractivity contribution in [1.29, 1.82) is 0 Å². The molecule has 0 spiro atoms. The first-order chi connectivity index (χ1) is 5.34. The summed E-state index contributed by atoms with van der Waals surface area (Å²) in [5.74, 6) is 0.715. The summed E-state index contributed by atoms with van der Waals surface area (Å²) in [7, 11) is 0. The Morgan fingerprint density at radius 3 is 2.73 bits per heavy atom. The number of rotatable bonds is 3. The average Bonchev–Trinajstić information content (AvgIpc) is 2.03. The van der Waals surface area contributed by atoms with Crippen molar-refractivity contribution in [3.05, 3.63) is 42.7 Å². The summed E-state index contributed by atoms with van der Waals surface area (Å²) in [5, 5.41) is 0. The minimum atomic E-state index is 0.715. The van der Waals surface area contributed by atoms with Crippen molar-refractivity contribution in [3.63, 3.8) is 0 Å². The summed E-state index contributed by atoms with van der Waals surface area (Å²) in [5.41, 5.74) is 1.04. The standard InChI is InChI=1S/C9H10O2/c1-3-10-11-9-7-5-4-6-8(9)2/h3-7H,1H2,2H3. The summed E-state index contributed by atoms with van der Waals surface area (Å²) >= 11 is 0. The van der Waals surface area contributed by atoms with E-state index >= 15 is 0 Å². The van der Waals surface area contributed by atoms with E-state index in [9.17, 15) is 0 Å². The Balaban J connectivity index is 2.69. The highest BCUT2D eigenvalue weighted by atomic mass is 17.2. The molecule has 58 valence electrons. The molecule has 0 aliphatic carbocycles. The SMILES string of the molecule is C=COOc1ccccc1C. The van der Waals surface area contributed by atoms with E-state index in [1.165, 1.54) is 6.26 Å². The third-order valence-corrected chi connectivity index (χ3v) is 1.30. The Morgan fingerprint density at radius 1 is 1.36 bits per heavy atom. The van der Waals surface area contributed by atoms with Crippen molar-refractivity contribution < 1.29 is 9.78 Å². The van der Waals surface area contributed by atoms with Gasteiger partial charge in [0.1, 0.15) is 6.26 Å². The van der Waals surface area contributed by atoms with Crippen molar-refractivity contribution in [2.45, 2.75) is 6.92 Å². The molecule has 1 aromatic rings. The molecule has 0 saturated heterocycles. The van der Waals surface area contributed by atoms with Crippen LogP contribution in [0.5, 0.6) is 5.75 Å². The van der Waals surface area contributed by atoms with Gasteiger partial charge in [-0.1, -0.05) is 24.8 Å². The first kappa shape index (κ1) is 7.66. The predicted molar refractivity (Wildman–Crippen MR) is 43.1 cm³/mol. The lowest BCUT2D eigenvalue weighted by molar-refractivity contribution is -0.149. The van der Waals surface area contributed by atoms with Crippen LogP contribution in [0.4, 0.5) is 0 Å². The van der Waals surface area contributed by atoms with Crippen molar-refractivity contribution in [2.24, 2.45) is 0 Å². The normalized spacial score (nSPS) is 8.82. The Kier molecular flexibility index (Phi) is 2.55. The second-order valence-corrected chi connectivity index (χ2v) is 2.11. The van der Waals surface area contributed by atoms with Crippen LogP contribution in [0.15, 0.2) is 37.1 Å². The molecule has 1 aromatic carbocycles. The molecule has 0 amide bonds. The Morgan fingerprint density at radius 2 is 2.09 bits per heavy atom. The van der Waals surface area contributed by atoms with Gasteiger partial charge < -0.3 is 0 Å². The monoisotopic (exact) mass is 150 g/mol. The molecule has 0 unspecified atom stereocenters. The molecule has 0 aliphatic rings. The van der Waals surface area contributed by atoms with E-state index in [1.54, 1.807) is 0 Å². The molecule has 0 aliphatic heterocycles. The molecule has 0 heterocycles. The zero-order valence-corrected chi connectivity index (χ0v) is 6.41. The van der Waals surface area contributed by atoms with Crippen molar-refractivity contribution in [2.75, 3.05) is 0 Å². The van der Waals surface area contributed by atoms with Gasteiger partial charge in [-0.3, -0.25) is 9.78 Å². The lowest BCUT2D eigenvalue weighted by atomic mass is 10.2.